The van der Waals surface area contributed by atoms with E-state index >= 15 is 0 Å². The van der Waals surface area contributed by atoms with Crippen molar-refractivity contribution in [2.75, 3.05) is 0 Å². The van der Waals surface area contributed by atoms with E-state index in [0.29, 0.717) is 16.2 Å². The van der Waals surface area contributed by atoms with Crippen LogP contribution < -0.4 is 0 Å². The lowest BCUT2D eigenvalue weighted by molar-refractivity contribution is -0.140. The molecule has 2 rings (SSSR count). The first-order valence-electron chi connectivity index (χ1n) is 6.69. The van der Waals surface area contributed by atoms with Crippen LogP contribution in [0, 0.1) is 17.2 Å². The number of rotatable bonds is 4. The van der Waals surface area contributed by atoms with Crippen LogP contribution in [0.15, 0.2) is 41.8 Å². The van der Waals surface area contributed by atoms with Crippen LogP contribution in [0.1, 0.15) is 24.3 Å². The van der Waals surface area contributed by atoms with E-state index in [1.807, 2.05) is 17.5 Å². The average molecular weight is 332 g/mol. The molecule has 3 nitrogen and oxygen atoms in total. The van der Waals surface area contributed by atoms with Crippen molar-refractivity contribution in [3.05, 3.63) is 57.2 Å². The molecule has 112 valence electrons. The summed E-state index contributed by atoms with van der Waals surface area (Å²) >= 11 is 7.62. The van der Waals surface area contributed by atoms with Gasteiger partial charge < -0.3 is 4.74 Å². The van der Waals surface area contributed by atoms with Gasteiger partial charge in [0.1, 0.15) is 11.6 Å². The Balaban J connectivity index is 2.62. The molecule has 1 aromatic heterocycles. The van der Waals surface area contributed by atoms with Crippen molar-refractivity contribution >= 4 is 40.2 Å². The van der Waals surface area contributed by atoms with E-state index in [9.17, 15) is 10.1 Å². The predicted molar refractivity (Wildman–Crippen MR) is 89.1 cm³/mol. The minimum absolute atomic E-state index is 0.203. The molecular formula is C17H14ClNO2S. The van der Waals surface area contributed by atoms with E-state index in [1.165, 1.54) is 11.3 Å². The molecule has 1 heterocycles. The summed E-state index contributed by atoms with van der Waals surface area (Å²) in [7, 11) is 0. The van der Waals surface area contributed by atoms with E-state index < -0.39 is 5.97 Å². The molecule has 1 aromatic carbocycles. The second-order valence-electron chi connectivity index (χ2n) is 4.85. The minimum atomic E-state index is -0.403. The third-order valence-electron chi connectivity index (χ3n) is 2.90. The molecule has 0 atom stereocenters. The Bertz CT molecular complexity index is 742. The molecule has 0 aliphatic carbocycles. The van der Waals surface area contributed by atoms with Gasteiger partial charge in [0.15, 0.2) is 5.76 Å². The smallest absolute Gasteiger partial charge is 0.313 e. The number of hydrogen-bond acceptors (Lipinski definition) is 4. The fourth-order valence-corrected chi connectivity index (χ4v) is 2.68. The fourth-order valence-electron chi connectivity index (χ4n) is 1.74. The Kier molecular flexibility index (Phi) is 5.37. The summed E-state index contributed by atoms with van der Waals surface area (Å²) in [5, 5.41) is 11.8. The van der Waals surface area contributed by atoms with Gasteiger partial charge in [-0.1, -0.05) is 43.6 Å². The predicted octanol–water partition coefficient (Wildman–Crippen LogP) is 4.99. The quantitative estimate of drug-likeness (QED) is 0.450. The molecule has 5 heteroatoms. The number of nitriles is 1. The highest BCUT2D eigenvalue weighted by molar-refractivity contribution is 7.11. The number of halogens is 1. The minimum Gasteiger partial charge on any atom is -0.424 e. The molecule has 0 aliphatic rings. The van der Waals surface area contributed by atoms with E-state index in [4.69, 9.17) is 16.3 Å². The van der Waals surface area contributed by atoms with Gasteiger partial charge in [0.25, 0.3) is 0 Å². The molecule has 0 amide bonds. The van der Waals surface area contributed by atoms with E-state index in [-0.39, 0.29) is 11.7 Å². The van der Waals surface area contributed by atoms with Crippen LogP contribution in [0.3, 0.4) is 0 Å². The lowest BCUT2D eigenvalue weighted by Gasteiger charge is -2.14. The van der Waals surface area contributed by atoms with Crippen molar-refractivity contribution in [2.45, 2.75) is 13.8 Å². The maximum atomic E-state index is 12.0. The van der Waals surface area contributed by atoms with Gasteiger partial charge in [-0.15, -0.1) is 11.3 Å². The van der Waals surface area contributed by atoms with E-state index in [0.717, 1.165) is 4.88 Å². The van der Waals surface area contributed by atoms with Crippen molar-refractivity contribution in [3.63, 3.8) is 0 Å². The number of esters is 1. The normalized spacial score (nSPS) is 11.8. The number of benzene rings is 1. The maximum Gasteiger partial charge on any atom is 0.313 e. The lowest BCUT2D eigenvalue weighted by Crippen LogP contribution is -2.12. The van der Waals surface area contributed by atoms with Crippen LogP contribution in [0.5, 0.6) is 0 Å². The molecule has 0 unspecified atom stereocenters. The zero-order chi connectivity index (χ0) is 16.1. The molecule has 0 radical (unpaired) electrons. The zero-order valence-corrected chi connectivity index (χ0v) is 13.7. The summed E-state index contributed by atoms with van der Waals surface area (Å²) in [5.74, 6) is -0.505. The molecule has 0 spiro atoms. The third-order valence-corrected chi connectivity index (χ3v) is 4.12. The van der Waals surface area contributed by atoms with Gasteiger partial charge in [-0.3, -0.25) is 4.79 Å². The first-order chi connectivity index (χ1) is 10.5. The van der Waals surface area contributed by atoms with E-state index in [2.05, 4.69) is 6.07 Å². The highest BCUT2D eigenvalue weighted by atomic mass is 35.5. The lowest BCUT2D eigenvalue weighted by atomic mass is 10.1. The zero-order valence-electron chi connectivity index (χ0n) is 12.2. The van der Waals surface area contributed by atoms with Gasteiger partial charge in [0.2, 0.25) is 0 Å². The number of thiophene rings is 1. The first kappa shape index (κ1) is 16.3. The van der Waals surface area contributed by atoms with Gasteiger partial charge in [-0.2, -0.15) is 5.26 Å². The SMILES string of the molecule is CC(C)C(=O)O/C(=C(\C#N)c1cccs1)c1ccccc1Cl. The molecule has 0 N–H and O–H groups in total. The van der Waals surface area contributed by atoms with Crippen molar-refractivity contribution in [1.82, 2.24) is 0 Å². The van der Waals surface area contributed by atoms with Crippen LogP contribution in [-0.4, -0.2) is 5.97 Å². The number of hydrogen-bond donors (Lipinski definition) is 0. The molecular weight excluding hydrogens is 318 g/mol. The molecule has 0 aliphatic heterocycles. The Morgan fingerprint density at radius 1 is 1.27 bits per heavy atom. The highest BCUT2D eigenvalue weighted by Gasteiger charge is 2.21. The molecule has 0 saturated carbocycles. The Morgan fingerprint density at radius 2 is 2.00 bits per heavy atom. The summed E-state index contributed by atoms with van der Waals surface area (Å²) in [5.41, 5.74) is 0.834. The second kappa shape index (κ2) is 7.26. The maximum absolute atomic E-state index is 12.0. The largest absolute Gasteiger partial charge is 0.424 e. The van der Waals surface area contributed by atoms with Crippen LogP contribution in [0.4, 0.5) is 0 Å². The third kappa shape index (κ3) is 3.56. The van der Waals surface area contributed by atoms with Crippen molar-refractivity contribution in [2.24, 2.45) is 5.92 Å². The van der Waals surface area contributed by atoms with Crippen molar-refractivity contribution in [1.29, 1.82) is 5.26 Å². The summed E-state index contributed by atoms with van der Waals surface area (Å²) < 4.78 is 5.50. The Morgan fingerprint density at radius 3 is 2.55 bits per heavy atom. The number of nitrogens with zero attached hydrogens (tertiary/aromatic N) is 1. The van der Waals surface area contributed by atoms with Crippen LogP contribution in [0.2, 0.25) is 5.02 Å². The Labute approximate surface area is 138 Å². The molecule has 0 saturated heterocycles. The summed E-state index contributed by atoms with van der Waals surface area (Å²) in [6, 6.07) is 12.8. The monoisotopic (exact) mass is 331 g/mol. The van der Waals surface area contributed by atoms with Crippen molar-refractivity contribution in [3.8, 4) is 6.07 Å². The fraction of sp³-hybridized carbons (Fsp3) is 0.176. The number of ether oxygens (including phenoxy) is 1. The molecule has 2 aromatic rings. The van der Waals surface area contributed by atoms with Crippen LogP contribution >= 0.6 is 22.9 Å². The summed E-state index contributed by atoms with van der Waals surface area (Å²) in [6.07, 6.45) is 0. The van der Waals surface area contributed by atoms with Gasteiger partial charge in [0.05, 0.1) is 10.9 Å². The van der Waals surface area contributed by atoms with E-state index in [1.54, 1.807) is 38.1 Å². The van der Waals surface area contributed by atoms with Crippen molar-refractivity contribution < 1.29 is 9.53 Å². The summed E-state index contributed by atoms with van der Waals surface area (Å²) in [4.78, 5) is 12.8. The highest BCUT2D eigenvalue weighted by Crippen LogP contribution is 2.33. The molecule has 0 bridgehead atoms. The Hall–Kier alpha value is -2.09. The summed E-state index contributed by atoms with van der Waals surface area (Å²) in [6.45, 7) is 3.48. The topological polar surface area (TPSA) is 50.1 Å². The van der Waals surface area contributed by atoms with Gasteiger partial charge >= 0.3 is 5.97 Å². The number of carbonyl (C=O) groups is 1. The van der Waals surface area contributed by atoms with Gasteiger partial charge in [0, 0.05) is 10.4 Å². The second-order valence-corrected chi connectivity index (χ2v) is 6.20. The van der Waals surface area contributed by atoms with Crippen LogP contribution in [0.25, 0.3) is 11.3 Å². The van der Waals surface area contributed by atoms with Gasteiger partial charge in [-0.25, -0.2) is 0 Å². The molecule has 22 heavy (non-hydrogen) atoms. The van der Waals surface area contributed by atoms with Crippen LogP contribution in [-0.2, 0) is 9.53 Å². The first-order valence-corrected chi connectivity index (χ1v) is 7.95. The molecule has 0 fully saturated rings. The average Bonchev–Trinajstić information content (AvgIpc) is 3.01. The number of allylic oxidation sites excluding steroid dienone is 1. The van der Waals surface area contributed by atoms with Gasteiger partial charge in [-0.05, 0) is 23.6 Å². The number of carbonyl (C=O) groups excluding carboxylic acids is 1. The standard InChI is InChI=1S/C17H14ClNO2S/c1-11(2)17(20)21-16(12-6-3-4-7-14(12)18)13(10-19)15-8-5-9-22-15/h3-9,11H,1-2H3/b16-13+.